The average molecular weight is 397 g/mol. The van der Waals surface area contributed by atoms with E-state index >= 15 is 0 Å². The lowest BCUT2D eigenvalue weighted by Gasteiger charge is -2.17. The molecule has 1 amide bonds. The Morgan fingerprint density at radius 1 is 1.07 bits per heavy atom. The molecule has 0 aliphatic heterocycles. The van der Waals surface area contributed by atoms with E-state index < -0.39 is 11.9 Å². The first-order chi connectivity index (χ1) is 14.0. The number of aryl methyl sites for hydroxylation is 2. The van der Waals surface area contributed by atoms with Crippen LogP contribution in [-0.4, -0.2) is 29.9 Å². The number of nitrogens with one attached hydrogen (secondary N) is 1. The monoisotopic (exact) mass is 397 g/mol. The average Bonchev–Trinajstić information content (AvgIpc) is 2.73. The normalized spacial score (nSPS) is 10.4. The highest BCUT2D eigenvalue weighted by molar-refractivity contribution is 6.29. The predicted molar refractivity (Wildman–Crippen MR) is 112 cm³/mol. The van der Waals surface area contributed by atoms with Gasteiger partial charge in [-0.05, 0) is 60.1 Å². The van der Waals surface area contributed by atoms with E-state index in [0.29, 0.717) is 30.9 Å². The van der Waals surface area contributed by atoms with Crippen molar-refractivity contribution in [3.05, 3.63) is 47.5 Å². The topological polar surface area (TPSA) is 92.7 Å². The highest BCUT2D eigenvalue weighted by Gasteiger charge is 2.14. The molecule has 0 aromatic heterocycles. The molecule has 29 heavy (non-hydrogen) atoms. The Morgan fingerprint density at radius 2 is 1.76 bits per heavy atom. The largest absolute Gasteiger partial charge is 0.491 e. The Bertz CT molecular complexity index is 853. The molecule has 0 atom stereocenters. The van der Waals surface area contributed by atoms with E-state index in [9.17, 15) is 14.4 Å². The molecule has 0 aliphatic rings. The lowest BCUT2D eigenvalue weighted by molar-refractivity contribution is -0.137. The van der Waals surface area contributed by atoms with Gasteiger partial charge < -0.3 is 15.2 Å². The fraction of sp³-hybridized carbons (Fsp3) is 0.348. The van der Waals surface area contributed by atoms with Crippen LogP contribution in [0.3, 0.4) is 0 Å². The highest BCUT2D eigenvalue weighted by Crippen LogP contribution is 2.35. The Morgan fingerprint density at radius 3 is 2.34 bits per heavy atom. The molecule has 154 valence electrons. The van der Waals surface area contributed by atoms with Crippen LogP contribution < -0.4 is 10.1 Å². The Hall–Kier alpha value is -3.15. The number of amides is 1. The maximum atomic E-state index is 11.5. The van der Waals surface area contributed by atoms with Crippen molar-refractivity contribution in [2.24, 2.45) is 0 Å². The smallest absolute Gasteiger partial charge is 0.303 e. The third-order valence-corrected chi connectivity index (χ3v) is 4.68. The highest BCUT2D eigenvalue weighted by atomic mass is 16.5. The van der Waals surface area contributed by atoms with Crippen LogP contribution in [0.25, 0.3) is 11.1 Å². The van der Waals surface area contributed by atoms with Crippen molar-refractivity contribution in [1.29, 1.82) is 0 Å². The molecule has 2 aromatic carbocycles. The number of ether oxygens (including phenoxy) is 1. The molecule has 0 saturated heterocycles. The number of unbranched alkanes of at least 4 members (excludes halogenated alkanes) is 1. The summed E-state index contributed by atoms with van der Waals surface area (Å²) >= 11 is 0. The third kappa shape index (κ3) is 6.17. The van der Waals surface area contributed by atoms with Gasteiger partial charge in [0.1, 0.15) is 5.75 Å². The molecular weight excluding hydrogens is 370 g/mol. The van der Waals surface area contributed by atoms with E-state index in [4.69, 9.17) is 9.84 Å². The molecule has 0 spiro atoms. The summed E-state index contributed by atoms with van der Waals surface area (Å²) in [6, 6.07) is 11.8. The van der Waals surface area contributed by atoms with Gasteiger partial charge >= 0.3 is 5.97 Å². The van der Waals surface area contributed by atoms with Gasteiger partial charge in [-0.3, -0.25) is 14.4 Å². The first-order valence-corrected chi connectivity index (χ1v) is 9.86. The number of anilines is 1. The number of hydrogen-bond donors (Lipinski definition) is 2. The van der Waals surface area contributed by atoms with E-state index in [0.717, 1.165) is 24.0 Å². The van der Waals surface area contributed by atoms with Gasteiger partial charge in [0.15, 0.2) is 0 Å². The van der Waals surface area contributed by atoms with Crippen molar-refractivity contribution >= 4 is 23.9 Å². The lowest BCUT2D eigenvalue weighted by Crippen LogP contribution is -2.13. The van der Waals surface area contributed by atoms with Crippen molar-refractivity contribution in [2.45, 2.75) is 46.0 Å². The van der Waals surface area contributed by atoms with E-state index in [1.165, 1.54) is 11.1 Å². The lowest BCUT2D eigenvalue weighted by atomic mass is 9.91. The molecule has 6 heteroatoms. The molecule has 6 nitrogen and oxygen atoms in total. The molecule has 0 fully saturated rings. The Kier molecular flexibility index (Phi) is 8.40. The van der Waals surface area contributed by atoms with Crippen LogP contribution in [0.15, 0.2) is 36.4 Å². The van der Waals surface area contributed by atoms with E-state index in [-0.39, 0.29) is 12.7 Å². The third-order valence-electron chi connectivity index (χ3n) is 4.68. The number of carbonyl (C=O) groups is 3. The van der Waals surface area contributed by atoms with Gasteiger partial charge in [-0.25, -0.2) is 0 Å². The first kappa shape index (κ1) is 22.1. The molecule has 0 unspecified atom stereocenters. The number of benzene rings is 2. The summed E-state index contributed by atoms with van der Waals surface area (Å²) in [6.07, 6.45) is 3.15. The second-order valence-electron chi connectivity index (χ2n) is 6.68. The maximum absolute atomic E-state index is 11.5. The standard InChI is InChI=1S/C23H27NO5/c1-3-16-8-7-9-17(4-2)23(16)18-11-12-19(24-21(26)15-25)20(14-18)29-13-6-5-10-22(27)28/h7-9,11-12,14-15H,3-6,10,13H2,1-2H3,(H,24,26)(H,27,28). The van der Waals surface area contributed by atoms with Crippen molar-refractivity contribution in [1.82, 2.24) is 0 Å². The SMILES string of the molecule is CCc1cccc(CC)c1-c1ccc(NC(=O)C=O)c(OCCCCC(=O)O)c1. The minimum atomic E-state index is -0.839. The first-order valence-electron chi connectivity index (χ1n) is 9.86. The summed E-state index contributed by atoms with van der Waals surface area (Å²) in [4.78, 5) is 32.9. The van der Waals surface area contributed by atoms with Crippen molar-refractivity contribution in [2.75, 3.05) is 11.9 Å². The summed E-state index contributed by atoms with van der Waals surface area (Å²) in [5, 5.41) is 11.3. The van der Waals surface area contributed by atoms with Gasteiger partial charge in [0.25, 0.3) is 5.91 Å². The van der Waals surface area contributed by atoms with Crippen LogP contribution in [0.1, 0.15) is 44.2 Å². The quantitative estimate of drug-likeness (QED) is 0.336. The number of aliphatic carboxylic acids is 1. The Balaban J connectivity index is 2.35. The van der Waals surface area contributed by atoms with Crippen LogP contribution in [0.2, 0.25) is 0 Å². The van der Waals surface area contributed by atoms with Crippen LogP contribution >= 0.6 is 0 Å². The number of carbonyl (C=O) groups excluding carboxylic acids is 2. The predicted octanol–water partition coefficient (Wildman–Crippen LogP) is 4.25. The fourth-order valence-corrected chi connectivity index (χ4v) is 3.24. The van der Waals surface area contributed by atoms with E-state index in [2.05, 4.69) is 37.4 Å². The van der Waals surface area contributed by atoms with Crippen LogP contribution in [-0.2, 0) is 27.2 Å². The number of carboxylic acid groups (broad SMARTS) is 1. The second kappa shape index (κ2) is 11.0. The van der Waals surface area contributed by atoms with Crippen molar-refractivity contribution in [3.63, 3.8) is 0 Å². The van der Waals surface area contributed by atoms with Crippen molar-refractivity contribution < 1.29 is 24.2 Å². The van der Waals surface area contributed by atoms with E-state index in [1.54, 1.807) is 6.07 Å². The number of hydrogen-bond acceptors (Lipinski definition) is 4. The molecule has 0 radical (unpaired) electrons. The molecule has 2 rings (SSSR count). The van der Waals surface area contributed by atoms with Gasteiger partial charge in [0, 0.05) is 6.42 Å². The zero-order valence-electron chi connectivity index (χ0n) is 16.9. The van der Waals surface area contributed by atoms with Crippen LogP contribution in [0, 0.1) is 0 Å². The molecule has 0 bridgehead atoms. The van der Waals surface area contributed by atoms with Gasteiger partial charge in [-0.1, -0.05) is 38.1 Å². The summed E-state index contributed by atoms with van der Waals surface area (Å²) in [6.45, 7) is 4.53. The summed E-state index contributed by atoms with van der Waals surface area (Å²) < 4.78 is 5.85. The van der Waals surface area contributed by atoms with Gasteiger partial charge in [-0.15, -0.1) is 0 Å². The van der Waals surface area contributed by atoms with Gasteiger partial charge in [0.2, 0.25) is 6.29 Å². The molecule has 2 aromatic rings. The summed E-state index contributed by atoms with van der Waals surface area (Å²) in [5.41, 5.74) is 4.99. The molecule has 2 N–H and O–H groups in total. The second-order valence-corrected chi connectivity index (χ2v) is 6.68. The van der Waals surface area contributed by atoms with E-state index in [1.807, 2.05) is 12.1 Å². The van der Waals surface area contributed by atoms with Gasteiger partial charge in [-0.2, -0.15) is 0 Å². The summed E-state index contributed by atoms with van der Waals surface area (Å²) in [5.74, 6) is -1.13. The zero-order chi connectivity index (χ0) is 21.2. The maximum Gasteiger partial charge on any atom is 0.303 e. The molecule has 0 aliphatic carbocycles. The fourth-order valence-electron chi connectivity index (χ4n) is 3.24. The number of aldehydes is 1. The summed E-state index contributed by atoms with van der Waals surface area (Å²) in [7, 11) is 0. The van der Waals surface area contributed by atoms with Crippen LogP contribution in [0.5, 0.6) is 5.75 Å². The molecule has 0 heterocycles. The molecular formula is C23H27NO5. The van der Waals surface area contributed by atoms with Gasteiger partial charge in [0.05, 0.1) is 12.3 Å². The van der Waals surface area contributed by atoms with Crippen molar-refractivity contribution in [3.8, 4) is 16.9 Å². The number of carboxylic acids is 1. The minimum Gasteiger partial charge on any atom is -0.491 e. The minimum absolute atomic E-state index is 0.0852. The Labute approximate surface area is 170 Å². The zero-order valence-corrected chi connectivity index (χ0v) is 16.9. The molecule has 0 saturated carbocycles. The van der Waals surface area contributed by atoms with Crippen LogP contribution in [0.4, 0.5) is 5.69 Å². The number of rotatable bonds is 11.